The van der Waals surface area contributed by atoms with Crippen LogP contribution in [0.2, 0.25) is 0 Å². The summed E-state index contributed by atoms with van der Waals surface area (Å²) in [6.07, 6.45) is 1.36. The van der Waals surface area contributed by atoms with Crippen molar-refractivity contribution in [1.29, 1.82) is 0 Å². The first-order valence-electron chi connectivity index (χ1n) is 5.21. The summed E-state index contributed by atoms with van der Waals surface area (Å²) in [6.45, 7) is 2.12. The van der Waals surface area contributed by atoms with E-state index >= 15 is 0 Å². The summed E-state index contributed by atoms with van der Waals surface area (Å²) in [5.74, 6) is -0.283. The molecule has 0 aliphatic heterocycles. The molecule has 3 heteroatoms. The van der Waals surface area contributed by atoms with Crippen LogP contribution in [0.3, 0.4) is 0 Å². The lowest BCUT2D eigenvalue weighted by Gasteiger charge is -2.14. The molecule has 0 saturated carbocycles. The maximum atomic E-state index is 10.8. The number of hydrogen-bond donors (Lipinski definition) is 2. The SMILES string of the molecule is CCc1ccc(C(CC(N)=O)NC)cc1. The number of hydrogen-bond acceptors (Lipinski definition) is 2. The third-order valence-corrected chi connectivity index (χ3v) is 2.54. The van der Waals surface area contributed by atoms with Crippen molar-refractivity contribution < 1.29 is 4.79 Å². The van der Waals surface area contributed by atoms with Gasteiger partial charge in [-0.1, -0.05) is 31.2 Å². The average Bonchev–Trinajstić information content (AvgIpc) is 2.26. The highest BCUT2D eigenvalue weighted by Crippen LogP contribution is 2.16. The number of rotatable bonds is 5. The Morgan fingerprint density at radius 2 is 2.00 bits per heavy atom. The van der Waals surface area contributed by atoms with E-state index in [1.165, 1.54) is 5.56 Å². The molecule has 0 spiro atoms. The van der Waals surface area contributed by atoms with Gasteiger partial charge in [0.1, 0.15) is 0 Å². The molecule has 0 aliphatic carbocycles. The molecule has 0 saturated heterocycles. The minimum Gasteiger partial charge on any atom is -0.370 e. The molecule has 0 heterocycles. The molecule has 1 aromatic rings. The second-order valence-corrected chi connectivity index (χ2v) is 3.61. The molecule has 82 valence electrons. The standard InChI is InChI=1S/C12H18N2O/c1-3-9-4-6-10(7-5-9)11(14-2)8-12(13)15/h4-7,11,14H,3,8H2,1-2H3,(H2,13,15). The predicted octanol–water partition coefficient (Wildman–Crippen LogP) is 1.38. The summed E-state index contributed by atoms with van der Waals surface area (Å²) >= 11 is 0. The first-order valence-corrected chi connectivity index (χ1v) is 5.21. The largest absolute Gasteiger partial charge is 0.370 e. The lowest BCUT2D eigenvalue weighted by atomic mass is 10.0. The molecule has 0 bridgehead atoms. The van der Waals surface area contributed by atoms with Gasteiger partial charge in [-0.25, -0.2) is 0 Å². The van der Waals surface area contributed by atoms with Gasteiger partial charge in [-0.15, -0.1) is 0 Å². The van der Waals surface area contributed by atoms with E-state index in [0.717, 1.165) is 12.0 Å². The molecule has 0 aromatic heterocycles. The number of nitrogens with two attached hydrogens (primary N) is 1. The van der Waals surface area contributed by atoms with Gasteiger partial charge in [0.2, 0.25) is 5.91 Å². The van der Waals surface area contributed by atoms with Crippen LogP contribution in [0.5, 0.6) is 0 Å². The Bertz CT molecular complexity index is 319. The first-order chi connectivity index (χ1) is 7.17. The zero-order valence-corrected chi connectivity index (χ0v) is 9.29. The first kappa shape index (κ1) is 11.7. The number of benzene rings is 1. The average molecular weight is 206 g/mol. The van der Waals surface area contributed by atoms with Gasteiger partial charge in [-0.05, 0) is 24.6 Å². The van der Waals surface area contributed by atoms with E-state index in [1.54, 1.807) is 0 Å². The van der Waals surface area contributed by atoms with Crippen molar-refractivity contribution in [3.8, 4) is 0 Å². The number of amides is 1. The van der Waals surface area contributed by atoms with E-state index in [2.05, 4.69) is 24.4 Å². The Morgan fingerprint density at radius 3 is 2.40 bits per heavy atom. The summed E-state index contributed by atoms with van der Waals surface area (Å²) < 4.78 is 0. The predicted molar refractivity (Wildman–Crippen MR) is 61.4 cm³/mol. The fraction of sp³-hybridized carbons (Fsp3) is 0.417. The third kappa shape index (κ3) is 3.36. The second kappa shape index (κ2) is 5.51. The molecular formula is C12H18N2O. The van der Waals surface area contributed by atoms with Gasteiger partial charge in [0.25, 0.3) is 0 Å². The van der Waals surface area contributed by atoms with E-state index in [1.807, 2.05) is 19.2 Å². The number of nitrogens with one attached hydrogen (secondary N) is 1. The molecule has 0 radical (unpaired) electrons. The number of carbonyl (C=O) groups excluding carboxylic acids is 1. The van der Waals surface area contributed by atoms with Crippen molar-refractivity contribution in [2.75, 3.05) is 7.05 Å². The highest BCUT2D eigenvalue weighted by molar-refractivity contribution is 5.74. The molecule has 3 nitrogen and oxygen atoms in total. The molecule has 1 unspecified atom stereocenters. The molecule has 1 aromatic carbocycles. The summed E-state index contributed by atoms with van der Waals surface area (Å²) in [7, 11) is 1.83. The smallest absolute Gasteiger partial charge is 0.219 e. The minimum absolute atomic E-state index is 0.0217. The molecule has 15 heavy (non-hydrogen) atoms. The van der Waals surface area contributed by atoms with Crippen molar-refractivity contribution in [1.82, 2.24) is 5.32 Å². The van der Waals surface area contributed by atoms with Crippen LogP contribution < -0.4 is 11.1 Å². The van der Waals surface area contributed by atoms with Crippen molar-refractivity contribution >= 4 is 5.91 Å². The number of aryl methyl sites for hydroxylation is 1. The minimum atomic E-state index is -0.283. The zero-order valence-electron chi connectivity index (χ0n) is 9.29. The molecule has 1 amide bonds. The topological polar surface area (TPSA) is 55.1 Å². The van der Waals surface area contributed by atoms with Crippen LogP contribution in [0.25, 0.3) is 0 Å². The molecule has 0 fully saturated rings. The van der Waals surface area contributed by atoms with Crippen LogP contribution >= 0.6 is 0 Å². The van der Waals surface area contributed by atoms with E-state index in [-0.39, 0.29) is 11.9 Å². The van der Waals surface area contributed by atoms with Crippen LogP contribution in [0.15, 0.2) is 24.3 Å². The van der Waals surface area contributed by atoms with E-state index in [4.69, 9.17) is 5.73 Å². The van der Waals surface area contributed by atoms with Gasteiger partial charge in [0.05, 0.1) is 0 Å². The van der Waals surface area contributed by atoms with E-state index in [9.17, 15) is 4.79 Å². The second-order valence-electron chi connectivity index (χ2n) is 3.61. The Hall–Kier alpha value is -1.35. The van der Waals surface area contributed by atoms with Crippen molar-refractivity contribution in [3.05, 3.63) is 35.4 Å². The highest BCUT2D eigenvalue weighted by atomic mass is 16.1. The third-order valence-electron chi connectivity index (χ3n) is 2.54. The van der Waals surface area contributed by atoms with Gasteiger partial charge in [0, 0.05) is 12.5 Å². The quantitative estimate of drug-likeness (QED) is 0.764. The Kier molecular flexibility index (Phi) is 4.31. The molecular weight excluding hydrogens is 188 g/mol. The zero-order chi connectivity index (χ0) is 11.3. The van der Waals surface area contributed by atoms with E-state index in [0.29, 0.717) is 6.42 Å². The molecule has 3 N–H and O–H groups in total. The molecule has 1 atom stereocenters. The monoisotopic (exact) mass is 206 g/mol. The summed E-state index contributed by atoms with van der Waals surface area (Å²) in [6, 6.07) is 8.28. The Morgan fingerprint density at radius 1 is 1.40 bits per heavy atom. The maximum Gasteiger partial charge on any atom is 0.219 e. The fourth-order valence-corrected chi connectivity index (χ4v) is 1.57. The van der Waals surface area contributed by atoms with Crippen molar-refractivity contribution in [2.45, 2.75) is 25.8 Å². The van der Waals surface area contributed by atoms with E-state index < -0.39 is 0 Å². The normalized spacial score (nSPS) is 12.4. The Labute approximate surface area is 90.7 Å². The van der Waals surface area contributed by atoms with Gasteiger partial charge < -0.3 is 11.1 Å². The molecule has 1 rings (SSSR count). The maximum absolute atomic E-state index is 10.8. The van der Waals surface area contributed by atoms with Gasteiger partial charge in [0.15, 0.2) is 0 Å². The lowest BCUT2D eigenvalue weighted by molar-refractivity contribution is -0.118. The van der Waals surface area contributed by atoms with Crippen molar-refractivity contribution in [2.24, 2.45) is 5.73 Å². The number of carbonyl (C=O) groups is 1. The fourth-order valence-electron chi connectivity index (χ4n) is 1.57. The van der Waals surface area contributed by atoms with Crippen LogP contribution in [0.1, 0.15) is 30.5 Å². The number of primary amides is 1. The van der Waals surface area contributed by atoms with Gasteiger partial charge in [-0.2, -0.15) is 0 Å². The Balaban J connectivity index is 2.78. The van der Waals surface area contributed by atoms with Gasteiger partial charge >= 0.3 is 0 Å². The summed E-state index contributed by atoms with van der Waals surface area (Å²) in [5.41, 5.74) is 7.59. The van der Waals surface area contributed by atoms with Crippen LogP contribution in [0, 0.1) is 0 Å². The van der Waals surface area contributed by atoms with Crippen LogP contribution in [-0.4, -0.2) is 13.0 Å². The highest BCUT2D eigenvalue weighted by Gasteiger charge is 2.11. The summed E-state index contributed by atoms with van der Waals surface area (Å²) in [4.78, 5) is 10.8. The van der Waals surface area contributed by atoms with Gasteiger partial charge in [-0.3, -0.25) is 4.79 Å². The molecule has 0 aliphatic rings. The lowest BCUT2D eigenvalue weighted by Crippen LogP contribution is -2.23. The van der Waals surface area contributed by atoms with Crippen LogP contribution in [-0.2, 0) is 11.2 Å². The van der Waals surface area contributed by atoms with Crippen LogP contribution in [0.4, 0.5) is 0 Å². The van der Waals surface area contributed by atoms with Crippen molar-refractivity contribution in [3.63, 3.8) is 0 Å². The summed E-state index contributed by atoms with van der Waals surface area (Å²) in [5, 5.41) is 3.09.